The predicted molar refractivity (Wildman–Crippen MR) is 58.1 cm³/mol. The maximum absolute atomic E-state index is 11.6. The van der Waals surface area contributed by atoms with Gasteiger partial charge in [0, 0.05) is 12.3 Å². The average Bonchev–Trinajstić information content (AvgIpc) is 2.64. The molecule has 72 valence electrons. The van der Waals surface area contributed by atoms with Crippen molar-refractivity contribution in [2.45, 2.75) is 25.2 Å². The standard InChI is InChI=1S/C13H14O/c1-2-10-6-3-4-7-11(10)12-8-5-9-13(12)14/h2-4,6-7,12H,1,5,8-9H2. The smallest absolute Gasteiger partial charge is 0.140 e. The van der Waals surface area contributed by atoms with Gasteiger partial charge in [-0.2, -0.15) is 0 Å². The van der Waals surface area contributed by atoms with Crippen LogP contribution in [0.15, 0.2) is 30.8 Å². The molecule has 1 aromatic carbocycles. The van der Waals surface area contributed by atoms with Gasteiger partial charge in [0.1, 0.15) is 5.78 Å². The van der Waals surface area contributed by atoms with Crippen molar-refractivity contribution < 1.29 is 4.79 Å². The predicted octanol–water partition coefficient (Wildman–Crippen LogP) is 3.17. The van der Waals surface area contributed by atoms with Crippen molar-refractivity contribution >= 4 is 11.9 Å². The molecule has 0 bridgehead atoms. The van der Waals surface area contributed by atoms with E-state index in [1.54, 1.807) is 0 Å². The maximum Gasteiger partial charge on any atom is 0.140 e. The lowest BCUT2D eigenvalue weighted by molar-refractivity contribution is -0.118. The first-order valence-corrected chi connectivity index (χ1v) is 5.07. The van der Waals surface area contributed by atoms with Gasteiger partial charge in [0.25, 0.3) is 0 Å². The second kappa shape index (κ2) is 3.79. The molecule has 0 aliphatic heterocycles. The molecule has 0 aromatic heterocycles. The molecular formula is C13H14O. The van der Waals surface area contributed by atoms with E-state index in [0.717, 1.165) is 30.4 Å². The molecule has 0 saturated heterocycles. The van der Waals surface area contributed by atoms with Gasteiger partial charge >= 0.3 is 0 Å². The molecule has 1 nitrogen and oxygen atoms in total. The molecule has 14 heavy (non-hydrogen) atoms. The van der Waals surface area contributed by atoms with Gasteiger partial charge in [-0.25, -0.2) is 0 Å². The van der Waals surface area contributed by atoms with Gasteiger partial charge in [-0.1, -0.05) is 36.9 Å². The Morgan fingerprint density at radius 3 is 2.79 bits per heavy atom. The molecule has 1 heteroatoms. The molecule has 0 spiro atoms. The first-order chi connectivity index (χ1) is 6.83. The lowest BCUT2D eigenvalue weighted by Crippen LogP contribution is -2.05. The van der Waals surface area contributed by atoms with E-state index in [1.165, 1.54) is 0 Å². The van der Waals surface area contributed by atoms with Crippen molar-refractivity contribution in [3.63, 3.8) is 0 Å². The van der Waals surface area contributed by atoms with Crippen LogP contribution in [0.5, 0.6) is 0 Å². The minimum Gasteiger partial charge on any atom is -0.299 e. The van der Waals surface area contributed by atoms with Crippen LogP contribution >= 0.6 is 0 Å². The normalized spacial score (nSPS) is 21.1. The van der Waals surface area contributed by atoms with Gasteiger partial charge in [0.05, 0.1) is 0 Å². The summed E-state index contributed by atoms with van der Waals surface area (Å²) in [4.78, 5) is 11.6. The van der Waals surface area contributed by atoms with Gasteiger partial charge in [-0.3, -0.25) is 4.79 Å². The lowest BCUT2D eigenvalue weighted by Gasteiger charge is -2.11. The summed E-state index contributed by atoms with van der Waals surface area (Å²) in [5, 5.41) is 0. The van der Waals surface area contributed by atoms with Crippen LogP contribution in [0.4, 0.5) is 0 Å². The summed E-state index contributed by atoms with van der Waals surface area (Å²) >= 11 is 0. The molecule has 1 aromatic rings. The number of ketones is 1. The van der Waals surface area contributed by atoms with Crippen LogP contribution in [0, 0.1) is 0 Å². The summed E-state index contributed by atoms with van der Waals surface area (Å²) in [6, 6.07) is 8.05. The Kier molecular flexibility index (Phi) is 2.49. The van der Waals surface area contributed by atoms with Crippen LogP contribution in [-0.4, -0.2) is 5.78 Å². The zero-order valence-electron chi connectivity index (χ0n) is 8.20. The number of rotatable bonds is 2. The van der Waals surface area contributed by atoms with E-state index in [1.807, 2.05) is 30.3 Å². The third-order valence-electron chi connectivity index (χ3n) is 2.90. The first-order valence-electron chi connectivity index (χ1n) is 5.07. The van der Waals surface area contributed by atoms with Crippen LogP contribution in [0.25, 0.3) is 6.08 Å². The van der Waals surface area contributed by atoms with Crippen molar-refractivity contribution in [3.05, 3.63) is 42.0 Å². The lowest BCUT2D eigenvalue weighted by atomic mass is 9.92. The highest BCUT2D eigenvalue weighted by Gasteiger charge is 2.26. The third-order valence-corrected chi connectivity index (χ3v) is 2.90. The molecule has 1 aliphatic rings. The highest BCUT2D eigenvalue weighted by molar-refractivity contribution is 5.88. The molecule has 1 fully saturated rings. The Hall–Kier alpha value is -1.37. The minimum atomic E-state index is 0.129. The fourth-order valence-electron chi connectivity index (χ4n) is 2.16. The zero-order valence-corrected chi connectivity index (χ0v) is 8.20. The molecule has 1 aliphatic carbocycles. The summed E-state index contributed by atoms with van der Waals surface area (Å²) in [5.41, 5.74) is 2.26. The summed E-state index contributed by atoms with van der Waals surface area (Å²) in [6.07, 6.45) is 4.62. The van der Waals surface area contributed by atoms with Crippen molar-refractivity contribution in [3.8, 4) is 0 Å². The van der Waals surface area contributed by atoms with Crippen molar-refractivity contribution in [2.24, 2.45) is 0 Å². The summed E-state index contributed by atoms with van der Waals surface area (Å²) in [7, 11) is 0. The topological polar surface area (TPSA) is 17.1 Å². The Labute approximate surface area is 84.5 Å². The molecule has 1 atom stereocenters. The van der Waals surface area contributed by atoms with Gasteiger partial charge < -0.3 is 0 Å². The first kappa shape index (κ1) is 9.20. The molecule has 0 N–H and O–H groups in total. The molecule has 1 saturated carbocycles. The monoisotopic (exact) mass is 186 g/mol. The summed E-state index contributed by atoms with van der Waals surface area (Å²) < 4.78 is 0. The van der Waals surface area contributed by atoms with E-state index in [-0.39, 0.29) is 5.92 Å². The Morgan fingerprint density at radius 1 is 1.36 bits per heavy atom. The Morgan fingerprint density at radius 2 is 2.14 bits per heavy atom. The number of hydrogen-bond donors (Lipinski definition) is 0. The molecule has 2 rings (SSSR count). The molecule has 0 radical (unpaired) electrons. The van der Waals surface area contributed by atoms with Crippen LogP contribution < -0.4 is 0 Å². The highest BCUT2D eigenvalue weighted by atomic mass is 16.1. The molecule has 0 amide bonds. The molecule has 1 unspecified atom stereocenters. The highest BCUT2D eigenvalue weighted by Crippen LogP contribution is 2.33. The van der Waals surface area contributed by atoms with Gasteiger partial charge in [0.2, 0.25) is 0 Å². The van der Waals surface area contributed by atoms with Crippen LogP contribution in [0.1, 0.15) is 36.3 Å². The summed E-state index contributed by atoms with van der Waals surface area (Å²) in [6.45, 7) is 3.78. The number of Topliss-reactive ketones (excluding diaryl/α,β-unsaturated/α-hetero) is 1. The SMILES string of the molecule is C=Cc1ccccc1C1CCCC1=O. The van der Waals surface area contributed by atoms with Gasteiger partial charge in [-0.15, -0.1) is 0 Å². The third kappa shape index (κ3) is 1.50. The van der Waals surface area contributed by atoms with Crippen LogP contribution in [0.3, 0.4) is 0 Å². The number of carbonyl (C=O) groups excluding carboxylic acids is 1. The van der Waals surface area contributed by atoms with Crippen LogP contribution in [-0.2, 0) is 4.79 Å². The maximum atomic E-state index is 11.6. The van der Waals surface area contributed by atoms with E-state index in [4.69, 9.17) is 0 Å². The molecular weight excluding hydrogens is 172 g/mol. The molecule has 0 heterocycles. The van der Waals surface area contributed by atoms with Crippen molar-refractivity contribution in [2.75, 3.05) is 0 Å². The second-order valence-electron chi connectivity index (χ2n) is 3.74. The van der Waals surface area contributed by atoms with E-state index in [2.05, 4.69) is 6.58 Å². The van der Waals surface area contributed by atoms with E-state index < -0.39 is 0 Å². The van der Waals surface area contributed by atoms with E-state index in [0.29, 0.717) is 5.78 Å². The Balaban J connectivity index is 2.39. The minimum absolute atomic E-state index is 0.129. The average molecular weight is 186 g/mol. The Bertz CT molecular complexity index is 365. The van der Waals surface area contributed by atoms with Crippen molar-refractivity contribution in [1.82, 2.24) is 0 Å². The quantitative estimate of drug-likeness (QED) is 0.693. The summed E-state index contributed by atoms with van der Waals surface area (Å²) in [5.74, 6) is 0.517. The number of benzene rings is 1. The number of hydrogen-bond acceptors (Lipinski definition) is 1. The fraction of sp³-hybridized carbons (Fsp3) is 0.308. The van der Waals surface area contributed by atoms with Gasteiger partial charge in [-0.05, 0) is 24.0 Å². The van der Waals surface area contributed by atoms with E-state index >= 15 is 0 Å². The largest absolute Gasteiger partial charge is 0.299 e. The van der Waals surface area contributed by atoms with Crippen molar-refractivity contribution in [1.29, 1.82) is 0 Å². The van der Waals surface area contributed by atoms with E-state index in [9.17, 15) is 4.79 Å². The zero-order chi connectivity index (χ0) is 9.97. The van der Waals surface area contributed by atoms with Gasteiger partial charge in [0.15, 0.2) is 0 Å². The van der Waals surface area contributed by atoms with Crippen LogP contribution in [0.2, 0.25) is 0 Å². The number of carbonyl (C=O) groups is 1. The second-order valence-corrected chi connectivity index (χ2v) is 3.74. The fourth-order valence-corrected chi connectivity index (χ4v) is 2.16.